The molecule has 2 aromatic heterocycles. The quantitative estimate of drug-likeness (QED) is 0.902. The zero-order chi connectivity index (χ0) is 13.8. The monoisotopic (exact) mass is 295 g/mol. The van der Waals surface area contributed by atoms with Gasteiger partial charge in [-0.05, 0) is 24.8 Å². The molecule has 102 valence electrons. The van der Waals surface area contributed by atoms with Crippen molar-refractivity contribution in [3.8, 4) is 0 Å². The normalized spacial score (nSPS) is 12.2. The molecular weight excluding hydrogens is 278 g/mol. The minimum atomic E-state index is -0.165. The van der Waals surface area contributed by atoms with Crippen LogP contribution in [0.5, 0.6) is 0 Å². The SMILES string of the molecule is Cc1csc([C@@H](C)CNC(=O)Nc2cscc2C)n1. The Morgan fingerprint density at radius 1 is 1.37 bits per heavy atom. The lowest BCUT2D eigenvalue weighted by Crippen LogP contribution is -2.31. The summed E-state index contributed by atoms with van der Waals surface area (Å²) in [5.74, 6) is 0.230. The van der Waals surface area contributed by atoms with Gasteiger partial charge in [-0.3, -0.25) is 0 Å². The molecule has 0 aromatic carbocycles. The number of aryl methyl sites for hydroxylation is 2. The fourth-order valence-electron chi connectivity index (χ4n) is 1.59. The molecule has 2 N–H and O–H groups in total. The summed E-state index contributed by atoms with van der Waals surface area (Å²) in [7, 11) is 0. The highest BCUT2D eigenvalue weighted by Gasteiger charge is 2.11. The molecule has 2 aromatic rings. The molecule has 0 aliphatic carbocycles. The summed E-state index contributed by atoms with van der Waals surface area (Å²) in [6.07, 6.45) is 0. The smallest absolute Gasteiger partial charge is 0.319 e. The number of anilines is 1. The number of hydrogen-bond acceptors (Lipinski definition) is 4. The number of carbonyl (C=O) groups is 1. The van der Waals surface area contributed by atoms with Gasteiger partial charge in [-0.1, -0.05) is 6.92 Å². The lowest BCUT2D eigenvalue weighted by Gasteiger charge is -2.11. The van der Waals surface area contributed by atoms with E-state index in [1.807, 2.05) is 30.0 Å². The molecule has 2 amide bonds. The topological polar surface area (TPSA) is 54.0 Å². The predicted molar refractivity (Wildman–Crippen MR) is 81.3 cm³/mol. The third kappa shape index (κ3) is 3.78. The Bertz CT molecular complexity index is 562. The van der Waals surface area contributed by atoms with E-state index in [0.717, 1.165) is 22.0 Å². The molecule has 0 spiro atoms. The van der Waals surface area contributed by atoms with Gasteiger partial charge in [0.1, 0.15) is 0 Å². The molecule has 0 aliphatic heterocycles. The first-order valence-electron chi connectivity index (χ1n) is 6.06. The molecule has 0 fully saturated rings. The van der Waals surface area contributed by atoms with Crippen molar-refractivity contribution in [3.05, 3.63) is 32.4 Å². The van der Waals surface area contributed by atoms with E-state index in [1.54, 1.807) is 22.7 Å². The third-order valence-corrected chi connectivity index (χ3v) is 4.79. The summed E-state index contributed by atoms with van der Waals surface area (Å²) < 4.78 is 0. The molecule has 0 radical (unpaired) electrons. The fourth-order valence-corrected chi connectivity index (χ4v) is 3.22. The Labute approximate surface area is 120 Å². The van der Waals surface area contributed by atoms with Crippen molar-refractivity contribution in [2.45, 2.75) is 26.7 Å². The van der Waals surface area contributed by atoms with Crippen LogP contribution < -0.4 is 10.6 Å². The first-order valence-corrected chi connectivity index (χ1v) is 7.88. The maximum atomic E-state index is 11.8. The lowest BCUT2D eigenvalue weighted by molar-refractivity contribution is 0.251. The van der Waals surface area contributed by atoms with Gasteiger partial charge in [0.25, 0.3) is 0 Å². The van der Waals surface area contributed by atoms with Gasteiger partial charge in [0.05, 0.1) is 10.7 Å². The van der Waals surface area contributed by atoms with Crippen LogP contribution in [0, 0.1) is 13.8 Å². The van der Waals surface area contributed by atoms with Crippen molar-refractivity contribution in [2.75, 3.05) is 11.9 Å². The molecule has 0 saturated carbocycles. The van der Waals surface area contributed by atoms with E-state index in [0.29, 0.717) is 6.54 Å². The second kappa shape index (κ2) is 6.16. The standard InChI is InChI=1S/C13H17N3OS2/c1-8(12-15-10(3)6-19-12)4-14-13(17)16-11-7-18-5-9(11)2/h5-8H,4H2,1-3H3,(H2,14,16,17)/t8-/m0/s1. The van der Waals surface area contributed by atoms with Gasteiger partial charge in [0.2, 0.25) is 0 Å². The maximum absolute atomic E-state index is 11.8. The van der Waals surface area contributed by atoms with Crippen LogP contribution in [0.4, 0.5) is 10.5 Å². The van der Waals surface area contributed by atoms with Gasteiger partial charge in [-0.2, -0.15) is 0 Å². The van der Waals surface area contributed by atoms with Crippen molar-refractivity contribution in [2.24, 2.45) is 0 Å². The summed E-state index contributed by atoms with van der Waals surface area (Å²) >= 11 is 3.22. The summed E-state index contributed by atoms with van der Waals surface area (Å²) in [4.78, 5) is 16.2. The Balaban J connectivity index is 1.82. The van der Waals surface area contributed by atoms with Crippen molar-refractivity contribution < 1.29 is 4.79 Å². The summed E-state index contributed by atoms with van der Waals surface area (Å²) in [6.45, 7) is 6.61. The second-order valence-corrected chi connectivity index (χ2v) is 6.16. The van der Waals surface area contributed by atoms with E-state index in [-0.39, 0.29) is 11.9 Å². The molecule has 0 saturated heterocycles. The molecule has 0 unspecified atom stereocenters. The number of nitrogens with one attached hydrogen (secondary N) is 2. The number of nitrogens with zero attached hydrogens (tertiary/aromatic N) is 1. The van der Waals surface area contributed by atoms with Gasteiger partial charge < -0.3 is 10.6 Å². The number of amides is 2. The fraction of sp³-hybridized carbons (Fsp3) is 0.385. The number of thiophene rings is 1. The zero-order valence-corrected chi connectivity index (χ0v) is 12.8. The highest BCUT2D eigenvalue weighted by Crippen LogP contribution is 2.20. The number of carbonyl (C=O) groups excluding carboxylic acids is 1. The van der Waals surface area contributed by atoms with E-state index in [2.05, 4.69) is 22.5 Å². The lowest BCUT2D eigenvalue weighted by atomic mass is 10.2. The van der Waals surface area contributed by atoms with Gasteiger partial charge in [0.15, 0.2) is 0 Å². The molecule has 4 nitrogen and oxygen atoms in total. The first kappa shape index (κ1) is 14.0. The zero-order valence-electron chi connectivity index (χ0n) is 11.2. The average Bonchev–Trinajstić information content (AvgIpc) is 2.96. The summed E-state index contributed by atoms with van der Waals surface area (Å²) in [6, 6.07) is -0.165. The number of urea groups is 1. The van der Waals surface area contributed by atoms with Crippen LogP contribution in [0.25, 0.3) is 0 Å². The van der Waals surface area contributed by atoms with Crippen LogP contribution in [-0.2, 0) is 0 Å². The van der Waals surface area contributed by atoms with E-state index in [1.165, 1.54) is 0 Å². The van der Waals surface area contributed by atoms with Gasteiger partial charge in [-0.25, -0.2) is 9.78 Å². The Morgan fingerprint density at radius 3 is 2.74 bits per heavy atom. The Morgan fingerprint density at radius 2 is 2.16 bits per heavy atom. The van der Waals surface area contributed by atoms with Crippen molar-refractivity contribution in [3.63, 3.8) is 0 Å². The second-order valence-electron chi connectivity index (χ2n) is 4.53. The highest BCUT2D eigenvalue weighted by molar-refractivity contribution is 7.09. The number of rotatable bonds is 4. The van der Waals surface area contributed by atoms with Crippen LogP contribution >= 0.6 is 22.7 Å². The van der Waals surface area contributed by atoms with Crippen molar-refractivity contribution >= 4 is 34.4 Å². The Kier molecular flexibility index (Phi) is 4.55. The van der Waals surface area contributed by atoms with Crippen LogP contribution in [-0.4, -0.2) is 17.6 Å². The summed E-state index contributed by atoms with van der Waals surface area (Å²) in [5.41, 5.74) is 2.99. The molecule has 1 atom stereocenters. The molecular formula is C13H17N3OS2. The van der Waals surface area contributed by atoms with Crippen LogP contribution in [0.3, 0.4) is 0 Å². The summed E-state index contributed by atoms with van der Waals surface area (Å²) in [5, 5.41) is 12.8. The van der Waals surface area contributed by atoms with Crippen LogP contribution in [0.2, 0.25) is 0 Å². The Hall–Kier alpha value is -1.40. The van der Waals surface area contributed by atoms with Gasteiger partial charge >= 0.3 is 6.03 Å². The van der Waals surface area contributed by atoms with E-state index in [9.17, 15) is 4.79 Å². The van der Waals surface area contributed by atoms with Gasteiger partial charge in [-0.15, -0.1) is 22.7 Å². The first-order chi connectivity index (χ1) is 9.06. The molecule has 2 heterocycles. The van der Waals surface area contributed by atoms with Crippen LogP contribution in [0.1, 0.15) is 29.1 Å². The van der Waals surface area contributed by atoms with Crippen LogP contribution in [0.15, 0.2) is 16.1 Å². The minimum absolute atomic E-state index is 0.165. The molecule has 19 heavy (non-hydrogen) atoms. The largest absolute Gasteiger partial charge is 0.337 e. The minimum Gasteiger partial charge on any atom is -0.337 e. The average molecular weight is 295 g/mol. The number of aromatic nitrogens is 1. The molecule has 6 heteroatoms. The number of hydrogen-bond donors (Lipinski definition) is 2. The molecule has 2 rings (SSSR count). The van der Waals surface area contributed by atoms with E-state index < -0.39 is 0 Å². The van der Waals surface area contributed by atoms with Crippen molar-refractivity contribution in [1.82, 2.24) is 10.3 Å². The third-order valence-electron chi connectivity index (χ3n) is 2.73. The highest BCUT2D eigenvalue weighted by atomic mass is 32.1. The maximum Gasteiger partial charge on any atom is 0.319 e. The number of thiazole rings is 1. The molecule has 0 bridgehead atoms. The predicted octanol–water partition coefficient (Wildman–Crippen LogP) is 3.75. The molecule has 0 aliphatic rings. The van der Waals surface area contributed by atoms with Gasteiger partial charge in [0, 0.05) is 28.9 Å². The van der Waals surface area contributed by atoms with E-state index >= 15 is 0 Å². The van der Waals surface area contributed by atoms with E-state index in [4.69, 9.17) is 0 Å². The van der Waals surface area contributed by atoms with Crippen molar-refractivity contribution in [1.29, 1.82) is 0 Å².